The molecule has 0 saturated carbocycles. The molecule has 40 heavy (non-hydrogen) atoms. The van der Waals surface area contributed by atoms with E-state index in [-0.39, 0.29) is 0 Å². The van der Waals surface area contributed by atoms with Gasteiger partial charge in [0.15, 0.2) is 0 Å². The number of H-pyrrole nitrogens is 1. The van der Waals surface area contributed by atoms with Gasteiger partial charge in [0.25, 0.3) is 0 Å². The highest BCUT2D eigenvalue weighted by Crippen LogP contribution is 2.31. The van der Waals surface area contributed by atoms with E-state index in [9.17, 15) is 5.26 Å². The van der Waals surface area contributed by atoms with E-state index in [2.05, 4.69) is 56.3 Å². The van der Waals surface area contributed by atoms with Crippen LogP contribution in [0, 0.1) is 18.3 Å². The standard InChI is InChI=1S/C32H35N7O/c1-23-29-9-12-35-31(29)8-7-30(23)37-32-24(20-34-21-25(32)19-33)5-6-26-3-2-4-27(36-26)22-38-13-10-28(11-14-38)39-15-17-40-18-16-39/h2-9,12,20-21,28,35H,10-11,13-18,22H2,1H3,(H,34,37). The maximum Gasteiger partial charge on any atom is 0.103 e. The van der Waals surface area contributed by atoms with Gasteiger partial charge < -0.3 is 15.0 Å². The Morgan fingerprint density at radius 2 is 1.93 bits per heavy atom. The van der Waals surface area contributed by atoms with Gasteiger partial charge in [0.1, 0.15) is 6.07 Å². The third-order valence-corrected chi connectivity index (χ3v) is 8.13. The van der Waals surface area contributed by atoms with Crippen LogP contribution in [0.5, 0.6) is 0 Å². The maximum absolute atomic E-state index is 9.81. The number of aryl methyl sites for hydroxylation is 1. The lowest BCUT2D eigenvalue weighted by Crippen LogP contribution is -2.48. The highest BCUT2D eigenvalue weighted by atomic mass is 16.5. The summed E-state index contributed by atoms with van der Waals surface area (Å²) in [5.74, 6) is 0. The predicted octanol–water partition coefficient (Wildman–Crippen LogP) is 5.35. The van der Waals surface area contributed by atoms with Crippen LogP contribution in [0.4, 0.5) is 11.4 Å². The van der Waals surface area contributed by atoms with Crippen LogP contribution in [0.25, 0.3) is 23.1 Å². The van der Waals surface area contributed by atoms with Crippen molar-refractivity contribution in [2.24, 2.45) is 0 Å². The Balaban J connectivity index is 1.15. The number of nitrogens with zero attached hydrogens (tertiary/aromatic N) is 5. The Hall–Kier alpha value is -4.03. The van der Waals surface area contributed by atoms with Crippen LogP contribution >= 0.6 is 0 Å². The van der Waals surface area contributed by atoms with E-state index in [1.165, 1.54) is 12.8 Å². The summed E-state index contributed by atoms with van der Waals surface area (Å²) in [5.41, 5.74) is 7.21. The van der Waals surface area contributed by atoms with Gasteiger partial charge in [-0.15, -0.1) is 0 Å². The first-order valence-electron chi connectivity index (χ1n) is 14.1. The number of anilines is 2. The molecule has 0 atom stereocenters. The number of nitrogens with one attached hydrogen (secondary N) is 2. The number of aromatic nitrogens is 3. The Kier molecular flexibility index (Phi) is 7.87. The molecule has 1 aromatic carbocycles. The molecule has 2 aliphatic heterocycles. The fourth-order valence-electron chi connectivity index (χ4n) is 5.85. The lowest BCUT2D eigenvalue weighted by molar-refractivity contribution is 0.000137. The summed E-state index contributed by atoms with van der Waals surface area (Å²) in [6.45, 7) is 8.99. The molecule has 5 heterocycles. The van der Waals surface area contributed by atoms with Gasteiger partial charge in [0, 0.05) is 79.5 Å². The largest absolute Gasteiger partial charge is 0.379 e. The number of ether oxygens (including phenoxy) is 1. The monoisotopic (exact) mass is 533 g/mol. The molecule has 0 radical (unpaired) electrons. The van der Waals surface area contributed by atoms with Crippen molar-refractivity contribution >= 4 is 34.4 Å². The lowest BCUT2D eigenvalue weighted by Gasteiger charge is -2.40. The Labute approximate surface area is 235 Å². The SMILES string of the molecule is Cc1c(Nc2c(C#N)cncc2C=Cc2cccc(CN3CCC(N4CCOCC4)CC3)n2)ccc2[nH]ccc12. The van der Waals surface area contributed by atoms with E-state index in [0.29, 0.717) is 11.6 Å². The van der Waals surface area contributed by atoms with Crippen molar-refractivity contribution in [1.82, 2.24) is 24.8 Å². The van der Waals surface area contributed by atoms with Gasteiger partial charge in [-0.25, -0.2) is 0 Å². The summed E-state index contributed by atoms with van der Waals surface area (Å²) < 4.78 is 5.52. The second-order valence-corrected chi connectivity index (χ2v) is 10.6. The molecular weight excluding hydrogens is 498 g/mol. The Morgan fingerprint density at radius 1 is 1.07 bits per heavy atom. The van der Waals surface area contributed by atoms with Crippen LogP contribution < -0.4 is 5.32 Å². The van der Waals surface area contributed by atoms with Crippen molar-refractivity contribution in [1.29, 1.82) is 5.26 Å². The van der Waals surface area contributed by atoms with Crippen LogP contribution in [0.2, 0.25) is 0 Å². The smallest absolute Gasteiger partial charge is 0.103 e. The Morgan fingerprint density at radius 3 is 2.75 bits per heavy atom. The summed E-state index contributed by atoms with van der Waals surface area (Å²) >= 11 is 0. The number of aromatic amines is 1. The summed E-state index contributed by atoms with van der Waals surface area (Å²) in [4.78, 5) is 17.6. The zero-order valence-electron chi connectivity index (χ0n) is 22.9. The first-order valence-corrected chi connectivity index (χ1v) is 14.1. The van der Waals surface area contributed by atoms with E-state index < -0.39 is 0 Å². The van der Waals surface area contributed by atoms with Crippen molar-refractivity contribution in [2.45, 2.75) is 32.4 Å². The summed E-state index contributed by atoms with van der Waals surface area (Å²) in [6, 6.07) is 15.3. The van der Waals surface area contributed by atoms with Gasteiger partial charge in [-0.3, -0.25) is 19.8 Å². The molecule has 8 nitrogen and oxygen atoms in total. The maximum atomic E-state index is 9.81. The normalized spacial score (nSPS) is 17.4. The minimum atomic E-state index is 0.498. The van der Waals surface area contributed by atoms with Gasteiger partial charge in [-0.05, 0) is 67.8 Å². The number of pyridine rings is 2. The second kappa shape index (κ2) is 12.0. The van der Waals surface area contributed by atoms with Gasteiger partial charge in [-0.1, -0.05) is 6.07 Å². The van der Waals surface area contributed by atoms with Crippen LogP contribution in [0.15, 0.2) is 55.0 Å². The van der Waals surface area contributed by atoms with Crippen LogP contribution in [0.1, 0.15) is 40.9 Å². The number of piperidine rings is 1. The first-order chi connectivity index (χ1) is 19.7. The number of rotatable bonds is 7. The molecule has 6 rings (SSSR count). The molecule has 0 unspecified atom stereocenters. The van der Waals surface area contributed by atoms with Crippen molar-refractivity contribution in [2.75, 3.05) is 44.7 Å². The molecule has 0 aliphatic carbocycles. The molecule has 0 amide bonds. The third kappa shape index (κ3) is 5.77. The Bertz CT molecular complexity index is 1540. The van der Waals surface area contributed by atoms with Gasteiger partial charge in [0.05, 0.1) is 35.9 Å². The zero-order chi connectivity index (χ0) is 27.3. The molecule has 0 spiro atoms. The molecule has 2 saturated heterocycles. The average molecular weight is 534 g/mol. The zero-order valence-corrected chi connectivity index (χ0v) is 22.9. The number of nitriles is 1. The van der Waals surface area contributed by atoms with Crippen molar-refractivity contribution in [3.63, 3.8) is 0 Å². The first kappa shape index (κ1) is 26.2. The molecular formula is C32H35N7O. The molecule has 2 N–H and O–H groups in total. The molecule has 8 heteroatoms. The molecule has 3 aromatic heterocycles. The van der Waals surface area contributed by atoms with E-state index in [0.717, 1.165) is 90.7 Å². The van der Waals surface area contributed by atoms with Gasteiger partial charge in [0.2, 0.25) is 0 Å². The van der Waals surface area contributed by atoms with Gasteiger partial charge in [-0.2, -0.15) is 5.26 Å². The summed E-state index contributed by atoms with van der Waals surface area (Å²) in [7, 11) is 0. The van der Waals surface area contributed by atoms with E-state index in [1.54, 1.807) is 12.4 Å². The second-order valence-electron chi connectivity index (χ2n) is 10.6. The number of hydrogen-bond donors (Lipinski definition) is 2. The fourth-order valence-corrected chi connectivity index (χ4v) is 5.85. The van der Waals surface area contributed by atoms with Crippen LogP contribution in [-0.2, 0) is 11.3 Å². The quantitative estimate of drug-likeness (QED) is 0.331. The number of morpholine rings is 1. The average Bonchev–Trinajstić information content (AvgIpc) is 3.49. The van der Waals surface area contributed by atoms with Crippen molar-refractivity contribution in [3.8, 4) is 6.07 Å². The minimum Gasteiger partial charge on any atom is -0.379 e. The van der Waals surface area contributed by atoms with E-state index in [4.69, 9.17) is 9.72 Å². The topological polar surface area (TPSA) is 93.1 Å². The molecule has 0 bridgehead atoms. The van der Waals surface area contributed by atoms with Crippen molar-refractivity contribution < 1.29 is 4.74 Å². The predicted molar refractivity (Wildman–Crippen MR) is 159 cm³/mol. The summed E-state index contributed by atoms with van der Waals surface area (Å²) in [5, 5.41) is 14.5. The number of benzene rings is 1. The van der Waals surface area contributed by atoms with Crippen LogP contribution in [-0.4, -0.2) is 70.2 Å². The minimum absolute atomic E-state index is 0.498. The lowest BCUT2D eigenvalue weighted by atomic mass is 10.0. The van der Waals surface area contributed by atoms with Crippen molar-refractivity contribution in [3.05, 3.63) is 83.1 Å². The highest BCUT2D eigenvalue weighted by molar-refractivity contribution is 5.90. The van der Waals surface area contributed by atoms with Gasteiger partial charge >= 0.3 is 0 Å². The van der Waals surface area contributed by atoms with Crippen LogP contribution in [0.3, 0.4) is 0 Å². The van der Waals surface area contributed by atoms with E-state index in [1.807, 2.05) is 36.5 Å². The molecule has 4 aromatic rings. The fraction of sp³-hybridized carbons (Fsp3) is 0.344. The molecule has 2 fully saturated rings. The third-order valence-electron chi connectivity index (χ3n) is 8.13. The number of likely N-dealkylation sites (tertiary alicyclic amines) is 1. The number of fused-ring (bicyclic) bond motifs is 1. The number of hydrogen-bond acceptors (Lipinski definition) is 7. The highest BCUT2D eigenvalue weighted by Gasteiger charge is 2.25. The molecule has 204 valence electrons. The summed E-state index contributed by atoms with van der Waals surface area (Å²) in [6.07, 6.45) is 11.7. The van der Waals surface area contributed by atoms with E-state index >= 15 is 0 Å². The molecule has 2 aliphatic rings.